The molecular formula is C15H13Cl3Ti. The van der Waals surface area contributed by atoms with Gasteiger partial charge in [-0.15, -0.1) is 0 Å². The van der Waals surface area contributed by atoms with Gasteiger partial charge in [0.2, 0.25) is 0 Å². The van der Waals surface area contributed by atoms with Crippen molar-refractivity contribution in [3.8, 4) is 11.1 Å². The van der Waals surface area contributed by atoms with E-state index in [2.05, 4.69) is 64.6 Å². The van der Waals surface area contributed by atoms with Crippen LogP contribution in [0.5, 0.6) is 0 Å². The van der Waals surface area contributed by atoms with Crippen molar-refractivity contribution < 1.29 is 57.7 Å². The van der Waals surface area contributed by atoms with E-state index >= 15 is 0 Å². The number of hydrogen-bond donors (Lipinski definition) is 0. The molecule has 1 aliphatic rings. The summed E-state index contributed by atoms with van der Waals surface area (Å²) in [5, 5.41) is 0. The van der Waals surface area contributed by atoms with Gasteiger partial charge in [0, 0.05) is 0 Å². The summed E-state index contributed by atoms with van der Waals surface area (Å²) in [5.74, 6) is 0. The molecule has 0 N–H and O–H groups in total. The quantitative estimate of drug-likeness (QED) is 0.355. The fraction of sp³-hybridized carbons (Fsp3) is 0.200. The van der Waals surface area contributed by atoms with E-state index in [1.54, 1.807) is 5.56 Å². The Hall–Kier alpha value is 0.0243. The Bertz CT molecular complexity index is 594. The van der Waals surface area contributed by atoms with Crippen LogP contribution in [0.3, 0.4) is 0 Å². The Balaban J connectivity index is 0.00000108. The third kappa shape index (κ3) is 3.04. The topological polar surface area (TPSA) is 0 Å². The van der Waals surface area contributed by atoms with Gasteiger partial charge in [0.05, 0.1) is 0 Å². The molecule has 0 aromatic heterocycles. The Morgan fingerprint density at radius 1 is 0.947 bits per heavy atom. The fourth-order valence-electron chi connectivity index (χ4n) is 2.73. The van der Waals surface area contributed by atoms with Gasteiger partial charge in [0.25, 0.3) is 0 Å². The van der Waals surface area contributed by atoms with Crippen LogP contribution in [0, 0.1) is 13.8 Å². The molecule has 0 amide bonds. The van der Waals surface area contributed by atoms with Crippen LogP contribution in [0.1, 0.15) is 22.3 Å². The van der Waals surface area contributed by atoms with Crippen LogP contribution < -0.4 is 41.1 Å². The van der Waals surface area contributed by atoms with Gasteiger partial charge in [0.1, 0.15) is 0 Å². The van der Waals surface area contributed by atoms with Crippen LogP contribution in [0.4, 0.5) is 0 Å². The van der Waals surface area contributed by atoms with Gasteiger partial charge in [0.15, 0.2) is 0 Å². The normalized spacial score (nSPS) is 10.5. The van der Waals surface area contributed by atoms with Crippen molar-refractivity contribution in [2.45, 2.75) is 20.3 Å². The maximum Gasteiger partial charge on any atom is -1.00 e. The third-order valence-corrected chi connectivity index (χ3v) is 4.57. The third-order valence-electron chi connectivity index (χ3n) is 3.48. The first-order valence-electron chi connectivity index (χ1n) is 5.61. The second-order valence-corrected chi connectivity index (χ2v) is 5.35. The van der Waals surface area contributed by atoms with E-state index in [0.29, 0.717) is 0 Å². The van der Waals surface area contributed by atoms with Gasteiger partial charge in [-0.1, -0.05) is 0 Å². The molecule has 0 atom stereocenters. The summed E-state index contributed by atoms with van der Waals surface area (Å²) < 4.78 is 1.47. The molecular weight excluding hydrogens is 334 g/mol. The molecule has 0 nitrogen and oxygen atoms in total. The molecule has 19 heavy (non-hydrogen) atoms. The maximum absolute atomic E-state index is 2.32. The molecule has 3 rings (SSSR count). The standard InChI is InChI=1S/C15H13.3ClH.Ti/c1-10-7-11(2)15-13(8-10)9-12-5-3-4-6-14(12)15;;;;/h3-7H,9H2,1-2H3;3*1H;/q;;;;+3/p-3. The Kier molecular flexibility index (Phi) is 7.16. The number of fused-ring (bicyclic) bond motifs is 3. The van der Waals surface area contributed by atoms with Crippen LogP contribution in [-0.2, 0) is 26.9 Å². The van der Waals surface area contributed by atoms with E-state index in [1.807, 2.05) is 0 Å². The number of aryl methyl sites for hydroxylation is 2. The van der Waals surface area contributed by atoms with Crippen LogP contribution in [0.25, 0.3) is 11.1 Å². The van der Waals surface area contributed by atoms with Crippen LogP contribution in [-0.4, -0.2) is 0 Å². The summed E-state index contributed by atoms with van der Waals surface area (Å²) in [6.07, 6.45) is 1.11. The van der Waals surface area contributed by atoms with E-state index in [4.69, 9.17) is 0 Å². The molecule has 0 heterocycles. The molecule has 0 saturated carbocycles. The van der Waals surface area contributed by atoms with Crippen LogP contribution >= 0.6 is 0 Å². The largest absolute Gasteiger partial charge is 1.00 e. The van der Waals surface area contributed by atoms with E-state index in [9.17, 15) is 0 Å². The second kappa shape index (κ2) is 7.15. The molecule has 0 unspecified atom stereocenters. The minimum atomic E-state index is 0. The Morgan fingerprint density at radius 3 is 2.26 bits per heavy atom. The molecule has 0 fully saturated rings. The van der Waals surface area contributed by atoms with Gasteiger partial charge >= 0.3 is 108 Å². The van der Waals surface area contributed by atoms with E-state index in [-0.39, 0.29) is 37.2 Å². The minimum absolute atomic E-state index is 0. The number of hydrogen-bond acceptors (Lipinski definition) is 0. The fourth-order valence-corrected chi connectivity index (χ4v) is 3.18. The zero-order chi connectivity index (χ0) is 11.3. The Morgan fingerprint density at radius 2 is 1.58 bits per heavy atom. The molecule has 0 aliphatic heterocycles. The zero-order valence-corrected chi connectivity index (χ0v) is 14.6. The summed E-state index contributed by atoms with van der Waals surface area (Å²) in [7, 11) is 0. The molecule has 0 saturated heterocycles. The zero-order valence-electron chi connectivity index (χ0n) is 10.7. The second-order valence-electron chi connectivity index (χ2n) is 4.57. The van der Waals surface area contributed by atoms with E-state index in [1.165, 1.54) is 31.7 Å². The number of benzene rings is 2. The SMILES string of the molecule is Cc1cc(C)c2c([c]1[Ti+3])Cc1ccccc1-2.[Cl-].[Cl-].[Cl-]. The van der Waals surface area contributed by atoms with Gasteiger partial charge in [-0.2, -0.15) is 0 Å². The first-order chi connectivity index (χ1) is 7.68. The molecule has 4 heteroatoms. The number of halogens is 3. The summed E-state index contributed by atoms with van der Waals surface area (Å²) in [6, 6.07) is 11.1. The predicted octanol–water partition coefficient (Wildman–Crippen LogP) is -5.94. The first-order valence-corrected chi connectivity index (χ1v) is 6.39. The molecule has 1 aliphatic carbocycles. The monoisotopic (exact) mass is 346 g/mol. The molecule has 0 bridgehead atoms. The van der Waals surface area contributed by atoms with Crippen molar-refractivity contribution in [3.05, 3.63) is 52.6 Å². The smallest absolute Gasteiger partial charge is 1.00 e. The molecule has 2 aromatic rings. The molecule has 98 valence electrons. The Labute approximate surface area is 145 Å². The van der Waals surface area contributed by atoms with Crippen LogP contribution in [0.2, 0.25) is 0 Å². The maximum atomic E-state index is 2.32. The average molecular weight is 347 g/mol. The first kappa shape index (κ1) is 19.0. The number of rotatable bonds is 0. The summed E-state index contributed by atoms with van der Waals surface area (Å²) in [6.45, 7) is 4.44. The van der Waals surface area contributed by atoms with Gasteiger partial charge in [-0.3, -0.25) is 0 Å². The van der Waals surface area contributed by atoms with E-state index < -0.39 is 0 Å². The minimum Gasteiger partial charge on any atom is -1.00 e. The van der Waals surface area contributed by atoms with Crippen molar-refractivity contribution >= 4 is 3.87 Å². The van der Waals surface area contributed by atoms with E-state index in [0.717, 1.165) is 6.42 Å². The van der Waals surface area contributed by atoms with Gasteiger partial charge < -0.3 is 37.2 Å². The van der Waals surface area contributed by atoms with Crippen molar-refractivity contribution in [1.29, 1.82) is 0 Å². The van der Waals surface area contributed by atoms with Crippen molar-refractivity contribution in [3.63, 3.8) is 0 Å². The summed E-state index contributed by atoms with van der Waals surface area (Å²) in [4.78, 5) is 0. The predicted molar refractivity (Wildman–Crippen MR) is 63.8 cm³/mol. The molecule has 0 spiro atoms. The molecule has 0 radical (unpaired) electrons. The van der Waals surface area contributed by atoms with Crippen molar-refractivity contribution in [2.24, 2.45) is 0 Å². The van der Waals surface area contributed by atoms with Crippen LogP contribution in [0.15, 0.2) is 30.3 Å². The van der Waals surface area contributed by atoms with Crippen molar-refractivity contribution in [1.82, 2.24) is 0 Å². The van der Waals surface area contributed by atoms with Gasteiger partial charge in [-0.25, -0.2) is 0 Å². The van der Waals surface area contributed by atoms with Gasteiger partial charge in [-0.05, 0) is 0 Å². The summed E-state index contributed by atoms with van der Waals surface area (Å²) >= 11 is 2.25. The average Bonchev–Trinajstić information content (AvgIpc) is 2.65. The molecule has 2 aromatic carbocycles. The van der Waals surface area contributed by atoms with Crippen molar-refractivity contribution in [2.75, 3.05) is 0 Å². The summed E-state index contributed by atoms with van der Waals surface area (Å²) in [5.41, 5.74) is 8.79.